The molecule has 2 saturated heterocycles. The Morgan fingerprint density at radius 1 is 1.10 bits per heavy atom. The lowest BCUT2D eigenvalue weighted by molar-refractivity contribution is -0.134. The molecule has 2 aromatic rings. The summed E-state index contributed by atoms with van der Waals surface area (Å²) >= 11 is 0. The van der Waals surface area contributed by atoms with Crippen LogP contribution in [0.5, 0.6) is 0 Å². The second kappa shape index (κ2) is 8.19. The predicted molar refractivity (Wildman–Crippen MR) is 113 cm³/mol. The third kappa shape index (κ3) is 4.05. The van der Waals surface area contributed by atoms with Gasteiger partial charge in [0.15, 0.2) is 5.58 Å². The highest BCUT2D eigenvalue weighted by molar-refractivity contribution is 7.89. The van der Waals surface area contributed by atoms with Crippen molar-refractivity contribution in [2.75, 3.05) is 26.2 Å². The fourth-order valence-corrected chi connectivity index (χ4v) is 6.25. The topological polar surface area (TPSA) is 92.8 Å². The van der Waals surface area contributed by atoms with E-state index < -0.39 is 15.8 Å². The number of amides is 1. The largest absolute Gasteiger partial charge is 0.420 e. The Bertz CT molecular complexity index is 1090. The SMILES string of the molecule is C[C@@H]1C[C@H](C)CN(C(=O)Cn2c(=O)oc3cc(S(=O)(=O)N4CCCCC4)ccc32)C1. The minimum absolute atomic E-state index is 0.108. The van der Waals surface area contributed by atoms with Crippen molar-refractivity contribution in [2.45, 2.75) is 51.0 Å². The second-order valence-electron chi connectivity index (χ2n) is 8.79. The summed E-state index contributed by atoms with van der Waals surface area (Å²) in [6.45, 7) is 6.53. The summed E-state index contributed by atoms with van der Waals surface area (Å²) in [5.74, 6) is 0.0864. The first-order valence-electron chi connectivity index (χ1n) is 10.7. The van der Waals surface area contributed by atoms with Gasteiger partial charge in [-0.2, -0.15) is 4.31 Å². The molecule has 0 spiro atoms. The number of benzene rings is 1. The molecule has 30 heavy (non-hydrogen) atoms. The number of nitrogens with zero attached hydrogens (tertiary/aromatic N) is 3. The van der Waals surface area contributed by atoms with E-state index in [1.165, 1.54) is 21.0 Å². The molecule has 0 N–H and O–H groups in total. The first kappa shape index (κ1) is 21.1. The molecule has 8 nitrogen and oxygen atoms in total. The highest BCUT2D eigenvalue weighted by atomic mass is 32.2. The van der Waals surface area contributed by atoms with E-state index in [0.717, 1.165) is 25.7 Å². The normalized spacial score (nSPS) is 23.7. The van der Waals surface area contributed by atoms with Crippen LogP contribution < -0.4 is 5.76 Å². The fraction of sp³-hybridized carbons (Fsp3) is 0.619. The van der Waals surface area contributed by atoms with Crippen LogP contribution in [0.25, 0.3) is 11.1 Å². The van der Waals surface area contributed by atoms with E-state index in [0.29, 0.717) is 43.5 Å². The predicted octanol–water partition coefficient (Wildman–Crippen LogP) is 2.27. The van der Waals surface area contributed by atoms with E-state index in [4.69, 9.17) is 4.42 Å². The number of hydrogen-bond donors (Lipinski definition) is 0. The Morgan fingerprint density at radius 2 is 1.77 bits per heavy atom. The molecular weight excluding hydrogens is 406 g/mol. The van der Waals surface area contributed by atoms with Crippen LogP contribution in [0, 0.1) is 11.8 Å². The monoisotopic (exact) mass is 435 g/mol. The number of likely N-dealkylation sites (tertiary alicyclic amines) is 1. The quantitative estimate of drug-likeness (QED) is 0.735. The van der Waals surface area contributed by atoms with Crippen molar-refractivity contribution >= 4 is 27.0 Å². The average Bonchev–Trinajstić information content (AvgIpc) is 3.02. The number of carbonyl (C=O) groups is 1. The lowest BCUT2D eigenvalue weighted by atomic mass is 9.92. The van der Waals surface area contributed by atoms with Gasteiger partial charge in [-0.25, -0.2) is 13.2 Å². The molecule has 1 amide bonds. The number of sulfonamides is 1. The van der Waals surface area contributed by atoms with E-state index in [2.05, 4.69) is 13.8 Å². The van der Waals surface area contributed by atoms with Crippen LogP contribution in [0.4, 0.5) is 0 Å². The van der Waals surface area contributed by atoms with Gasteiger partial charge in [0.1, 0.15) is 6.54 Å². The maximum absolute atomic E-state index is 12.9. The number of rotatable bonds is 4. The molecule has 0 saturated carbocycles. The number of hydrogen-bond acceptors (Lipinski definition) is 5. The Kier molecular flexibility index (Phi) is 5.76. The zero-order chi connectivity index (χ0) is 21.5. The van der Waals surface area contributed by atoms with E-state index in [-0.39, 0.29) is 22.9 Å². The molecule has 0 unspecified atom stereocenters. The molecule has 2 aliphatic heterocycles. The van der Waals surface area contributed by atoms with Gasteiger partial charge in [-0.15, -0.1) is 0 Å². The van der Waals surface area contributed by atoms with Gasteiger partial charge in [0.25, 0.3) is 0 Å². The molecule has 2 aliphatic rings. The number of oxazole rings is 1. The van der Waals surface area contributed by atoms with Crippen molar-refractivity contribution in [3.63, 3.8) is 0 Å². The van der Waals surface area contributed by atoms with Crippen LogP contribution in [0.15, 0.2) is 32.3 Å². The summed E-state index contributed by atoms with van der Waals surface area (Å²) in [6, 6.07) is 4.45. The smallest absolute Gasteiger partial charge is 0.408 e. The number of fused-ring (bicyclic) bond motifs is 1. The van der Waals surface area contributed by atoms with E-state index in [1.807, 2.05) is 0 Å². The molecule has 4 rings (SSSR count). The van der Waals surface area contributed by atoms with E-state index >= 15 is 0 Å². The van der Waals surface area contributed by atoms with Crippen molar-refractivity contribution in [1.29, 1.82) is 0 Å². The van der Waals surface area contributed by atoms with Crippen LogP contribution in [0.2, 0.25) is 0 Å². The fourth-order valence-electron chi connectivity index (χ4n) is 4.71. The number of piperidine rings is 2. The lowest BCUT2D eigenvalue weighted by Crippen LogP contribution is -2.44. The average molecular weight is 436 g/mol. The Balaban J connectivity index is 1.59. The van der Waals surface area contributed by atoms with Crippen molar-refractivity contribution in [3.8, 4) is 0 Å². The van der Waals surface area contributed by atoms with Crippen LogP contribution in [-0.2, 0) is 21.4 Å². The van der Waals surface area contributed by atoms with Gasteiger partial charge in [-0.3, -0.25) is 9.36 Å². The van der Waals surface area contributed by atoms with Gasteiger partial charge in [-0.05, 0) is 43.2 Å². The lowest BCUT2D eigenvalue weighted by Gasteiger charge is -2.35. The van der Waals surface area contributed by atoms with Gasteiger partial charge in [-0.1, -0.05) is 20.3 Å². The van der Waals surface area contributed by atoms with Crippen molar-refractivity contribution in [2.24, 2.45) is 11.8 Å². The third-order valence-corrected chi connectivity index (χ3v) is 8.00. The standard InChI is InChI=1S/C21H29N3O5S/c1-15-10-16(2)13-22(12-15)20(25)14-24-18-7-6-17(11-19(18)29-21(24)26)30(27,28)23-8-4-3-5-9-23/h6-7,11,15-16H,3-5,8-10,12-14H2,1-2H3/t15-,16+. The van der Waals surface area contributed by atoms with Gasteiger partial charge >= 0.3 is 5.76 Å². The molecule has 2 fully saturated rings. The number of aromatic nitrogens is 1. The summed E-state index contributed by atoms with van der Waals surface area (Å²) in [4.78, 5) is 27.1. The second-order valence-corrected chi connectivity index (χ2v) is 10.7. The van der Waals surface area contributed by atoms with Gasteiger partial charge < -0.3 is 9.32 Å². The van der Waals surface area contributed by atoms with Crippen molar-refractivity contribution in [1.82, 2.24) is 13.8 Å². The van der Waals surface area contributed by atoms with Crippen LogP contribution >= 0.6 is 0 Å². The van der Waals surface area contributed by atoms with Gasteiger partial charge in [0.2, 0.25) is 15.9 Å². The summed E-state index contributed by atoms with van der Waals surface area (Å²) in [6.07, 6.45) is 3.82. The van der Waals surface area contributed by atoms with Crippen LogP contribution in [0.1, 0.15) is 39.5 Å². The van der Waals surface area contributed by atoms with Crippen LogP contribution in [0.3, 0.4) is 0 Å². The van der Waals surface area contributed by atoms with Crippen molar-refractivity contribution < 1.29 is 17.6 Å². The minimum Gasteiger partial charge on any atom is -0.408 e. The molecule has 1 aromatic heterocycles. The summed E-state index contributed by atoms with van der Waals surface area (Å²) in [7, 11) is -3.62. The third-order valence-electron chi connectivity index (χ3n) is 6.11. The Labute approximate surface area is 176 Å². The Morgan fingerprint density at radius 3 is 2.43 bits per heavy atom. The van der Waals surface area contributed by atoms with Gasteiger partial charge in [0.05, 0.1) is 10.4 Å². The highest BCUT2D eigenvalue weighted by Crippen LogP contribution is 2.25. The van der Waals surface area contributed by atoms with Gasteiger partial charge in [0, 0.05) is 32.2 Å². The molecule has 3 heterocycles. The maximum atomic E-state index is 12.9. The first-order valence-corrected chi connectivity index (χ1v) is 12.1. The molecule has 2 atom stereocenters. The zero-order valence-corrected chi connectivity index (χ0v) is 18.4. The summed E-state index contributed by atoms with van der Waals surface area (Å²) in [5.41, 5.74) is 0.621. The maximum Gasteiger partial charge on any atom is 0.420 e. The van der Waals surface area contributed by atoms with Crippen LogP contribution in [-0.4, -0.2) is 54.3 Å². The minimum atomic E-state index is -3.62. The summed E-state index contributed by atoms with van der Waals surface area (Å²) < 4.78 is 33.9. The Hall–Kier alpha value is -2.13. The molecule has 9 heteroatoms. The number of carbonyl (C=O) groups excluding carboxylic acids is 1. The van der Waals surface area contributed by atoms with E-state index in [9.17, 15) is 18.0 Å². The van der Waals surface area contributed by atoms with Crippen molar-refractivity contribution in [3.05, 3.63) is 28.7 Å². The molecular formula is C21H29N3O5S. The molecule has 0 radical (unpaired) electrons. The molecule has 0 aliphatic carbocycles. The van der Waals surface area contributed by atoms with E-state index in [1.54, 1.807) is 11.0 Å². The zero-order valence-electron chi connectivity index (χ0n) is 17.5. The first-order chi connectivity index (χ1) is 14.3. The molecule has 1 aromatic carbocycles. The summed E-state index contributed by atoms with van der Waals surface area (Å²) in [5, 5.41) is 0. The highest BCUT2D eigenvalue weighted by Gasteiger charge is 2.28. The molecule has 0 bridgehead atoms. The molecule has 164 valence electrons.